The number of ether oxygens (including phenoxy) is 1. The highest BCUT2D eigenvalue weighted by Crippen LogP contribution is 2.35. The fourth-order valence-electron chi connectivity index (χ4n) is 2.99. The molecule has 1 aliphatic rings. The van der Waals surface area contributed by atoms with Gasteiger partial charge in [-0.15, -0.1) is 0 Å². The summed E-state index contributed by atoms with van der Waals surface area (Å²) in [4.78, 5) is 14.8. The number of para-hydroxylation sites is 1. The molecule has 0 spiro atoms. The van der Waals surface area contributed by atoms with E-state index in [0.717, 1.165) is 5.75 Å². The minimum absolute atomic E-state index is 0.175. The Kier molecular flexibility index (Phi) is 5.52. The largest absolute Gasteiger partial charge is 0.493 e. The predicted molar refractivity (Wildman–Crippen MR) is 95.7 cm³/mol. The first-order chi connectivity index (χ1) is 11.7. The smallest absolute Gasteiger partial charge is 0.226 e. The highest BCUT2D eigenvalue weighted by atomic mass is 16.5. The van der Waals surface area contributed by atoms with Gasteiger partial charge in [0.2, 0.25) is 5.91 Å². The van der Waals surface area contributed by atoms with Crippen molar-refractivity contribution in [1.29, 1.82) is 0 Å². The second-order valence-electron chi connectivity index (χ2n) is 6.50. The summed E-state index contributed by atoms with van der Waals surface area (Å²) in [5.74, 6) is 1.65. The SMILES string of the molecule is CC(C1CC1)N(Cc1ccccc1)C(=O)CCOc1ccccc1. The van der Waals surface area contributed by atoms with Crippen molar-refractivity contribution in [2.75, 3.05) is 6.61 Å². The fourth-order valence-corrected chi connectivity index (χ4v) is 2.99. The lowest BCUT2D eigenvalue weighted by molar-refractivity contribution is -0.134. The summed E-state index contributed by atoms with van der Waals surface area (Å²) < 4.78 is 5.69. The average molecular weight is 323 g/mol. The Labute approximate surface area is 144 Å². The molecule has 3 heteroatoms. The van der Waals surface area contributed by atoms with Crippen LogP contribution in [0.1, 0.15) is 31.7 Å². The molecule has 2 aromatic carbocycles. The normalized spacial score (nSPS) is 14.9. The molecule has 0 bridgehead atoms. The van der Waals surface area contributed by atoms with Gasteiger partial charge in [-0.2, -0.15) is 0 Å². The number of carbonyl (C=O) groups is 1. The minimum atomic E-state index is 0.175. The van der Waals surface area contributed by atoms with Crippen LogP contribution >= 0.6 is 0 Å². The Bertz CT molecular complexity index is 637. The molecule has 0 radical (unpaired) electrons. The highest BCUT2D eigenvalue weighted by Gasteiger charge is 2.34. The van der Waals surface area contributed by atoms with Crippen LogP contribution in [0.5, 0.6) is 5.75 Å². The van der Waals surface area contributed by atoms with Crippen molar-refractivity contribution in [3.63, 3.8) is 0 Å². The second kappa shape index (κ2) is 8.00. The van der Waals surface area contributed by atoms with Gasteiger partial charge in [0.25, 0.3) is 0 Å². The van der Waals surface area contributed by atoms with Crippen molar-refractivity contribution in [2.24, 2.45) is 5.92 Å². The first-order valence-corrected chi connectivity index (χ1v) is 8.75. The van der Waals surface area contributed by atoms with Crippen molar-refractivity contribution in [3.05, 3.63) is 66.2 Å². The number of nitrogens with zero attached hydrogens (tertiary/aromatic N) is 1. The molecule has 1 unspecified atom stereocenters. The predicted octanol–water partition coefficient (Wildman–Crippen LogP) is 4.28. The zero-order valence-corrected chi connectivity index (χ0v) is 14.2. The van der Waals surface area contributed by atoms with E-state index in [-0.39, 0.29) is 5.91 Å². The van der Waals surface area contributed by atoms with Gasteiger partial charge in [0.05, 0.1) is 13.0 Å². The van der Waals surface area contributed by atoms with E-state index in [0.29, 0.717) is 31.5 Å². The van der Waals surface area contributed by atoms with E-state index in [2.05, 4.69) is 19.1 Å². The number of hydrogen-bond donors (Lipinski definition) is 0. The molecule has 3 rings (SSSR count). The third-order valence-electron chi connectivity index (χ3n) is 4.64. The maximum Gasteiger partial charge on any atom is 0.226 e. The average Bonchev–Trinajstić information content (AvgIpc) is 3.46. The molecule has 24 heavy (non-hydrogen) atoms. The first kappa shape index (κ1) is 16.6. The molecule has 126 valence electrons. The Morgan fingerprint density at radius 1 is 1.08 bits per heavy atom. The van der Waals surface area contributed by atoms with Gasteiger partial charge in [-0.05, 0) is 43.4 Å². The number of amides is 1. The van der Waals surface area contributed by atoms with E-state index in [9.17, 15) is 4.79 Å². The van der Waals surface area contributed by atoms with E-state index < -0.39 is 0 Å². The number of hydrogen-bond acceptors (Lipinski definition) is 2. The van der Waals surface area contributed by atoms with E-state index >= 15 is 0 Å². The maximum absolute atomic E-state index is 12.8. The Hall–Kier alpha value is -2.29. The van der Waals surface area contributed by atoms with E-state index in [1.807, 2.05) is 53.4 Å². The molecule has 1 atom stereocenters. The minimum Gasteiger partial charge on any atom is -0.493 e. The zero-order valence-electron chi connectivity index (χ0n) is 14.2. The van der Waals surface area contributed by atoms with E-state index in [1.54, 1.807) is 0 Å². The lowest BCUT2D eigenvalue weighted by Gasteiger charge is -2.30. The summed E-state index contributed by atoms with van der Waals surface area (Å²) >= 11 is 0. The van der Waals surface area contributed by atoms with Crippen molar-refractivity contribution in [1.82, 2.24) is 4.90 Å². The Balaban J connectivity index is 1.58. The summed E-state index contributed by atoms with van der Waals surface area (Å²) in [7, 11) is 0. The molecule has 1 aliphatic carbocycles. The fraction of sp³-hybridized carbons (Fsp3) is 0.381. The number of benzene rings is 2. The van der Waals surface area contributed by atoms with Gasteiger partial charge in [-0.25, -0.2) is 0 Å². The standard InChI is InChI=1S/C21H25NO2/c1-17(19-12-13-19)22(16-18-8-4-2-5-9-18)21(23)14-15-24-20-10-6-3-7-11-20/h2-11,17,19H,12-16H2,1H3. The molecule has 1 fully saturated rings. The molecule has 0 aliphatic heterocycles. The zero-order chi connectivity index (χ0) is 16.8. The van der Waals surface area contributed by atoms with Crippen molar-refractivity contribution in [2.45, 2.75) is 38.8 Å². The van der Waals surface area contributed by atoms with Crippen LogP contribution in [-0.2, 0) is 11.3 Å². The molecule has 2 aromatic rings. The lowest BCUT2D eigenvalue weighted by Crippen LogP contribution is -2.40. The van der Waals surface area contributed by atoms with Gasteiger partial charge in [-0.3, -0.25) is 4.79 Å². The van der Waals surface area contributed by atoms with Crippen LogP contribution in [0.4, 0.5) is 0 Å². The topological polar surface area (TPSA) is 29.5 Å². The molecule has 0 saturated heterocycles. The van der Waals surface area contributed by atoms with Crippen LogP contribution in [0.2, 0.25) is 0 Å². The van der Waals surface area contributed by atoms with Gasteiger partial charge in [0, 0.05) is 12.6 Å². The number of carbonyl (C=O) groups excluding carboxylic acids is 1. The van der Waals surface area contributed by atoms with Crippen molar-refractivity contribution >= 4 is 5.91 Å². The molecular weight excluding hydrogens is 298 g/mol. The lowest BCUT2D eigenvalue weighted by atomic mass is 10.1. The van der Waals surface area contributed by atoms with Gasteiger partial charge in [-0.1, -0.05) is 48.5 Å². The third kappa shape index (κ3) is 4.60. The molecular formula is C21H25NO2. The monoisotopic (exact) mass is 323 g/mol. The van der Waals surface area contributed by atoms with Crippen molar-refractivity contribution in [3.8, 4) is 5.75 Å². The van der Waals surface area contributed by atoms with E-state index in [4.69, 9.17) is 4.74 Å². The van der Waals surface area contributed by atoms with Gasteiger partial charge in [0.15, 0.2) is 0 Å². The molecule has 0 heterocycles. The molecule has 0 aromatic heterocycles. The second-order valence-corrected chi connectivity index (χ2v) is 6.50. The molecule has 1 saturated carbocycles. The third-order valence-corrected chi connectivity index (χ3v) is 4.64. The van der Waals surface area contributed by atoms with Gasteiger partial charge >= 0.3 is 0 Å². The van der Waals surface area contributed by atoms with Crippen molar-refractivity contribution < 1.29 is 9.53 Å². The summed E-state index contributed by atoms with van der Waals surface area (Å²) in [5, 5.41) is 0. The van der Waals surface area contributed by atoms with Crippen LogP contribution in [-0.4, -0.2) is 23.5 Å². The van der Waals surface area contributed by atoms with Gasteiger partial charge in [0.1, 0.15) is 5.75 Å². The Morgan fingerprint density at radius 2 is 1.71 bits per heavy atom. The summed E-state index contributed by atoms with van der Waals surface area (Å²) in [6, 6.07) is 20.2. The molecule has 3 nitrogen and oxygen atoms in total. The van der Waals surface area contributed by atoms with Crippen LogP contribution < -0.4 is 4.74 Å². The molecule has 0 N–H and O–H groups in total. The first-order valence-electron chi connectivity index (χ1n) is 8.75. The van der Waals surface area contributed by atoms with Crippen LogP contribution in [0.15, 0.2) is 60.7 Å². The summed E-state index contributed by atoms with van der Waals surface area (Å²) in [6.07, 6.45) is 2.89. The van der Waals surface area contributed by atoms with Gasteiger partial charge < -0.3 is 9.64 Å². The highest BCUT2D eigenvalue weighted by molar-refractivity contribution is 5.76. The number of rotatable bonds is 8. The molecule has 1 amide bonds. The van der Waals surface area contributed by atoms with E-state index in [1.165, 1.54) is 18.4 Å². The summed E-state index contributed by atoms with van der Waals surface area (Å²) in [6.45, 7) is 3.28. The maximum atomic E-state index is 12.8. The quantitative estimate of drug-likeness (QED) is 0.725. The van der Waals surface area contributed by atoms with Crippen LogP contribution in [0.25, 0.3) is 0 Å². The van der Waals surface area contributed by atoms with Crippen LogP contribution in [0, 0.1) is 5.92 Å². The van der Waals surface area contributed by atoms with Crippen LogP contribution in [0.3, 0.4) is 0 Å². The summed E-state index contributed by atoms with van der Waals surface area (Å²) in [5.41, 5.74) is 1.18. The Morgan fingerprint density at radius 3 is 2.33 bits per heavy atom.